The molecule has 108 valence electrons. The van der Waals surface area contributed by atoms with Crippen molar-refractivity contribution in [2.45, 2.75) is 19.5 Å². The molecule has 0 saturated carbocycles. The minimum atomic E-state index is -0.947. The maximum Gasteiger partial charge on any atom is 0.327 e. The van der Waals surface area contributed by atoms with Crippen molar-refractivity contribution >= 4 is 23.8 Å². The quantitative estimate of drug-likeness (QED) is 0.911. The zero-order chi connectivity index (χ0) is 14.5. The minimum absolute atomic E-state index is 0.240. The number of thioether (sulfide) groups is 1. The fraction of sp³-hybridized carbons (Fsp3) is 0.462. The Morgan fingerprint density at radius 1 is 1.55 bits per heavy atom. The number of carboxylic acids is 1. The van der Waals surface area contributed by atoms with Gasteiger partial charge in [0.25, 0.3) is 0 Å². The van der Waals surface area contributed by atoms with Crippen LogP contribution in [0.3, 0.4) is 0 Å². The van der Waals surface area contributed by atoms with Crippen LogP contribution in [0.25, 0.3) is 0 Å². The second-order valence-electron chi connectivity index (χ2n) is 4.44. The van der Waals surface area contributed by atoms with Crippen molar-refractivity contribution in [3.8, 4) is 0 Å². The third-order valence-electron chi connectivity index (χ3n) is 3.14. The second-order valence-corrected chi connectivity index (χ2v) is 5.44. The Bertz CT molecular complexity index is 483. The second kappa shape index (κ2) is 6.60. The van der Waals surface area contributed by atoms with Crippen molar-refractivity contribution in [2.24, 2.45) is 0 Å². The molecule has 2 heterocycles. The molecule has 0 spiro atoms. The van der Waals surface area contributed by atoms with Crippen LogP contribution in [0.1, 0.15) is 12.6 Å². The predicted octanol–water partition coefficient (Wildman–Crippen LogP) is 1.48. The topological polar surface area (TPSA) is 73.7 Å². The van der Waals surface area contributed by atoms with Crippen LogP contribution < -0.4 is 0 Å². The average molecular weight is 295 g/mol. The minimum Gasteiger partial charge on any atom is -0.480 e. The van der Waals surface area contributed by atoms with Crippen LogP contribution in [0.15, 0.2) is 24.4 Å². The summed E-state index contributed by atoms with van der Waals surface area (Å²) in [4.78, 5) is 30.8. The lowest BCUT2D eigenvalue weighted by atomic mass is 10.3. The van der Waals surface area contributed by atoms with E-state index in [1.54, 1.807) is 11.1 Å². The number of carbonyl (C=O) groups excluding carboxylic acids is 1. The van der Waals surface area contributed by atoms with Crippen LogP contribution in [0.4, 0.5) is 4.79 Å². The molecular formula is C13H17N3O3S. The highest BCUT2D eigenvalue weighted by Gasteiger charge is 2.36. The zero-order valence-electron chi connectivity index (χ0n) is 11.2. The van der Waals surface area contributed by atoms with E-state index in [1.165, 1.54) is 16.7 Å². The molecule has 1 unspecified atom stereocenters. The van der Waals surface area contributed by atoms with Gasteiger partial charge in [0.2, 0.25) is 0 Å². The summed E-state index contributed by atoms with van der Waals surface area (Å²) in [5, 5.41) is 9.14. The summed E-state index contributed by atoms with van der Waals surface area (Å²) in [5.41, 5.74) is 0.793. The van der Waals surface area contributed by atoms with E-state index >= 15 is 0 Å². The molecule has 0 aliphatic carbocycles. The number of urea groups is 1. The van der Waals surface area contributed by atoms with Crippen molar-refractivity contribution < 1.29 is 14.7 Å². The molecule has 1 N–H and O–H groups in total. The largest absolute Gasteiger partial charge is 0.480 e. The first-order chi connectivity index (χ1) is 9.63. The Kier molecular flexibility index (Phi) is 4.84. The van der Waals surface area contributed by atoms with E-state index < -0.39 is 12.0 Å². The van der Waals surface area contributed by atoms with Crippen LogP contribution in [-0.4, -0.2) is 56.1 Å². The van der Waals surface area contributed by atoms with Crippen LogP contribution in [-0.2, 0) is 11.3 Å². The molecule has 0 aromatic carbocycles. The Morgan fingerprint density at radius 2 is 2.35 bits per heavy atom. The van der Waals surface area contributed by atoms with Gasteiger partial charge in [0.1, 0.15) is 6.04 Å². The zero-order valence-corrected chi connectivity index (χ0v) is 12.0. The van der Waals surface area contributed by atoms with Gasteiger partial charge < -0.3 is 14.9 Å². The summed E-state index contributed by atoms with van der Waals surface area (Å²) in [7, 11) is 0. The van der Waals surface area contributed by atoms with E-state index in [2.05, 4.69) is 4.98 Å². The lowest BCUT2D eigenvalue weighted by molar-refractivity contribution is -0.140. The van der Waals surface area contributed by atoms with Gasteiger partial charge in [-0.1, -0.05) is 6.07 Å². The first kappa shape index (κ1) is 14.6. The van der Waals surface area contributed by atoms with Gasteiger partial charge in [-0.2, -0.15) is 0 Å². The molecule has 1 aliphatic rings. The number of carboxylic acid groups (broad SMARTS) is 1. The highest BCUT2D eigenvalue weighted by Crippen LogP contribution is 2.23. The molecule has 1 atom stereocenters. The summed E-state index contributed by atoms with van der Waals surface area (Å²) in [6.45, 7) is 2.78. The summed E-state index contributed by atoms with van der Waals surface area (Å²) >= 11 is 1.46. The van der Waals surface area contributed by atoms with Crippen LogP contribution in [0.5, 0.6) is 0 Å². The third-order valence-corrected chi connectivity index (χ3v) is 4.16. The molecule has 1 aliphatic heterocycles. The van der Waals surface area contributed by atoms with Gasteiger partial charge in [-0.25, -0.2) is 9.59 Å². The maximum atomic E-state index is 12.4. The van der Waals surface area contributed by atoms with Crippen LogP contribution in [0.2, 0.25) is 0 Å². The van der Waals surface area contributed by atoms with Gasteiger partial charge in [0.05, 0.1) is 18.1 Å². The molecule has 1 saturated heterocycles. The van der Waals surface area contributed by atoms with E-state index in [9.17, 15) is 9.59 Å². The van der Waals surface area contributed by atoms with Gasteiger partial charge >= 0.3 is 12.0 Å². The lowest BCUT2D eigenvalue weighted by Gasteiger charge is -2.28. The lowest BCUT2D eigenvalue weighted by Crippen LogP contribution is -2.48. The molecule has 2 amide bonds. The molecular weight excluding hydrogens is 278 g/mol. The van der Waals surface area contributed by atoms with Crippen molar-refractivity contribution in [2.75, 3.05) is 18.2 Å². The molecule has 1 aromatic rings. The Labute approximate surface area is 121 Å². The van der Waals surface area contributed by atoms with E-state index in [4.69, 9.17) is 5.11 Å². The smallest absolute Gasteiger partial charge is 0.327 e. The molecule has 0 radical (unpaired) electrons. The number of hydrogen-bond donors (Lipinski definition) is 1. The highest BCUT2D eigenvalue weighted by molar-refractivity contribution is 7.99. The molecule has 2 rings (SSSR count). The standard InChI is InChI=1S/C13H17N3O3S/c1-2-15(7-10-5-3-4-6-14-10)13(19)16-9-20-8-11(16)12(17)18/h3-6,11H,2,7-9H2,1H3,(H,17,18). The molecule has 7 heteroatoms. The maximum absolute atomic E-state index is 12.4. The summed E-state index contributed by atoms with van der Waals surface area (Å²) in [6, 6.07) is 4.57. The molecule has 1 fully saturated rings. The monoisotopic (exact) mass is 295 g/mol. The molecule has 20 heavy (non-hydrogen) atoms. The van der Waals surface area contributed by atoms with E-state index in [1.807, 2.05) is 25.1 Å². The van der Waals surface area contributed by atoms with Crippen molar-refractivity contribution in [1.82, 2.24) is 14.8 Å². The first-order valence-electron chi connectivity index (χ1n) is 6.39. The third kappa shape index (κ3) is 3.22. The molecule has 1 aromatic heterocycles. The van der Waals surface area contributed by atoms with Crippen molar-refractivity contribution in [3.05, 3.63) is 30.1 Å². The van der Waals surface area contributed by atoms with E-state index in [-0.39, 0.29) is 6.03 Å². The number of pyridine rings is 1. The highest BCUT2D eigenvalue weighted by atomic mass is 32.2. The van der Waals surface area contributed by atoms with Gasteiger partial charge in [-0.05, 0) is 19.1 Å². The molecule has 0 bridgehead atoms. The number of aromatic nitrogens is 1. The summed E-state index contributed by atoms with van der Waals surface area (Å²) < 4.78 is 0. The fourth-order valence-corrected chi connectivity index (χ4v) is 3.16. The van der Waals surface area contributed by atoms with E-state index in [0.29, 0.717) is 24.7 Å². The Hall–Kier alpha value is -1.76. The number of amides is 2. The number of hydrogen-bond acceptors (Lipinski definition) is 4. The van der Waals surface area contributed by atoms with Crippen molar-refractivity contribution in [3.63, 3.8) is 0 Å². The number of aliphatic carboxylic acids is 1. The fourth-order valence-electron chi connectivity index (χ4n) is 2.02. The summed E-state index contributed by atoms with van der Waals surface area (Å²) in [6.07, 6.45) is 1.68. The number of rotatable bonds is 4. The SMILES string of the molecule is CCN(Cc1ccccn1)C(=O)N1CSCC1C(=O)O. The van der Waals surface area contributed by atoms with Crippen LogP contribution in [0, 0.1) is 0 Å². The average Bonchev–Trinajstić information content (AvgIpc) is 2.94. The van der Waals surface area contributed by atoms with E-state index in [0.717, 1.165) is 5.69 Å². The van der Waals surface area contributed by atoms with Crippen LogP contribution >= 0.6 is 11.8 Å². The number of nitrogens with zero attached hydrogens (tertiary/aromatic N) is 3. The summed E-state index contributed by atoms with van der Waals surface area (Å²) in [5.74, 6) is -0.0752. The predicted molar refractivity (Wildman–Crippen MR) is 76.3 cm³/mol. The Morgan fingerprint density at radius 3 is 2.95 bits per heavy atom. The first-order valence-corrected chi connectivity index (χ1v) is 7.55. The number of carbonyl (C=O) groups is 2. The van der Waals surface area contributed by atoms with Crippen molar-refractivity contribution in [1.29, 1.82) is 0 Å². The van der Waals surface area contributed by atoms with Gasteiger partial charge in [0, 0.05) is 18.5 Å². The van der Waals surface area contributed by atoms with Gasteiger partial charge in [-0.15, -0.1) is 11.8 Å². The Balaban J connectivity index is 2.07. The van der Waals surface area contributed by atoms with Gasteiger partial charge in [-0.3, -0.25) is 4.98 Å². The van der Waals surface area contributed by atoms with Gasteiger partial charge in [0.15, 0.2) is 0 Å². The molecule has 6 nitrogen and oxygen atoms in total. The normalized spacial score (nSPS) is 18.1.